The number of hydrogen-bond donors (Lipinski definition) is 0. The molecule has 61 heavy (non-hydrogen) atoms. The zero-order chi connectivity index (χ0) is 40.3. The summed E-state index contributed by atoms with van der Waals surface area (Å²) >= 11 is 0. The summed E-state index contributed by atoms with van der Waals surface area (Å²) in [6.45, 7) is 0. The predicted octanol–water partition coefficient (Wildman–Crippen LogP) is 16.3. The van der Waals surface area contributed by atoms with Crippen molar-refractivity contribution in [3.05, 3.63) is 231 Å². The summed E-state index contributed by atoms with van der Waals surface area (Å²) in [4.78, 5) is 2.37. The van der Waals surface area contributed by atoms with Crippen molar-refractivity contribution in [3.8, 4) is 39.1 Å². The summed E-state index contributed by atoms with van der Waals surface area (Å²) < 4.78 is 8.79. The number of rotatable bonds is 7. The van der Waals surface area contributed by atoms with Gasteiger partial charge in [-0.15, -0.1) is 0 Å². The van der Waals surface area contributed by atoms with E-state index in [4.69, 9.17) is 4.42 Å². The Morgan fingerprint density at radius 3 is 1.77 bits per heavy atom. The molecule has 12 rings (SSSR count). The predicted molar refractivity (Wildman–Crippen MR) is 257 cm³/mol. The highest BCUT2D eigenvalue weighted by Crippen LogP contribution is 2.45. The monoisotopic (exact) mass is 778 g/mol. The molecule has 0 spiro atoms. The van der Waals surface area contributed by atoms with Crippen LogP contribution in [0.25, 0.3) is 93.6 Å². The van der Waals surface area contributed by atoms with Gasteiger partial charge >= 0.3 is 0 Å². The molecule has 2 heterocycles. The second-order valence-corrected chi connectivity index (χ2v) is 15.7. The van der Waals surface area contributed by atoms with E-state index in [1.54, 1.807) is 0 Å². The second-order valence-electron chi connectivity index (χ2n) is 15.7. The summed E-state index contributed by atoms with van der Waals surface area (Å²) in [5.41, 5.74) is 15.5. The van der Waals surface area contributed by atoms with Gasteiger partial charge in [0.15, 0.2) is 0 Å². The van der Waals surface area contributed by atoms with E-state index in [0.29, 0.717) is 0 Å². The van der Waals surface area contributed by atoms with Crippen LogP contribution in [0.5, 0.6) is 0 Å². The number of hydrogen-bond acceptors (Lipinski definition) is 2. The Kier molecular flexibility index (Phi) is 8.17. The molecule has 2 aromatic heterocycles. The highest BCUT2D eigenvalue weighted by molar-refractivity contribution is 6.19. The van der Waals surface area contributed by atoms with Crippen LogP contribution >= 0.6 is 0 Å². The molecule has 0 saturated heterocycles. The molecule has 0 amide bonds. The molecule has 0 bridgehead atoms. The van der Waals surface area contributed by atoms with Gasteiger partial charge in [-0.1, -0.05) is 170 Å². The first-order chi connectivity index (χ1) is 30.3. The first kappa shape index (κ1) is 34.9. The van der Waals surface area contributed by atoms with Gasteiger partial charge in [0.05, 0.1) is 16.7 Å². The second kappa shape index (κ2) is 14.3. The number of fused-ring (bicyclic) bond motifs is 8. The maximum atomic E-state index is 6.30. The summed E-state index contributed by atoms with van der Waals surface area (Å²) in [7, 11) is 0. The van der Waals surface area contributed by atoms with Gasteiger partial charge in [-0.2, -0.15) is 0 Å². The fraction of sp³-hybridized carbons (Fsp3) is 0. The van der Waals surface area contributed by atoms with E-state index in [0.717, 1.165) is 66.9 Å². The minimum absolute atomic E-state index is 0.874. The summed E-state index contributed by atoms with van der Waals surface area (Å²) in [6.07, 6.45) is 0. The van der Waals surface area contributed by atoms with E-state index in [2.05, 4.69) is 228 Å². The lowest BCUT2D eigenvalue weighted by molar-refractivity contribution is 0.669. The minimum atomic E-state index is 0.874. The van der Waals surface area contributed by atoms with Crippen LogP contribution < -0.4 is 4.90 Å². The summed E-state index contributed by atoms with van der Waals surface area (Å²) in [5.74, 6) is 0. The van der Waals surface area contributed by atoms with Crippen molar-refractivity contribution in [3.63, 3.8) is 0 Å². The van der Waals surface area contributed by atoms with Crippen molar-refractivity contribution in [1.82, 2.24) is 4.57 Å². The SMILES string of the molecule is c1ccc(-c2ccc(N(c3ccc(-c4ccccc4-n4c5ccccc5c5ccc6ccccc6c54)c(-c4ccccc4)c3)c3ccc4oc5ccccc5c4c3)cc2)cc1. The van der Waals surface area contributed by atoms with Crippen LogP contribution in [0.15, 0.2) is 235 Å². The first-order valence-electron chi connectivity index (χ1n) is 20.8. The highest BCUT2D eigenvalue weighted by Gasteiger charge is 2.22. The number of benzene rings is 10. The fourth-order valence-corrected chi connectivity index (χ4v) is 9.37. The van der Waals surface area contributed by atoms with Gasteiger partial charge in [0.1, 0.15) is 11.2 Å². The van der Waals surface area contributed by atoms with E-state index in [9.17, 15) is 0 Å². The van der Waals surface area contributed by atoms with Gasteiger partial charge in [0, 0.05) is 49.6 Å². The molecule has 3 nitrogen and oxygen atoms in total. The molecular weight excluding hydrogens is 741 g/mol. The lowest BCUT2D eigenvalue weighted by Gasteiger charge is -2.27. The van der Waals surface area contributed by atoms with Crippen molar-refractivity contribution in [2.45, 2.75) is 0 Å². The first-order valence-corrected chi connectivity index (χ1v) is 20.8. The molecular formula is C58H38N2O. The summed E-state index contributed by atoms with van der Waals surface area (Å²) in [5, 5.41) is 7.15. The molecule has 0 saturated carbocycles. The average molecular weight is 779 g/mol. The zero-order valence-electron chi connectivity index (χ0n) is 33.2. The molecule has 0 aliphatic heterocycles. The Balaban J connectivity index is 1.09. The average Bonchev–Trinajstić information content (AvgIpc) is 3.88. The van der Waals surface area contributed by atoms with Crippen LogP contribution in [0.1, 0.15) is 0 Å². The van der Waals surface area contributed by atoms with Gasteiger partial charge in [-0.3, -0.25) is 0 Å². The minimum Gasteiger partial charge on any atom is -0.456 e. The van der Waals surface area contributed by atoms with Gasteiger partial charge in [-0.05, 0) is 93.9 Å². The number of aromatic nitrogens is 1. The van der Waals surface area contributed by atoms with Crippen LogP contribution in [0.4, 0.5) is 17.1 Å². The Morgan fingerprint density at radius 1 is 0.328 bits per heavy atom. The molecule has 0 radical (unpaired) electrons. The molecule has 0 atom stereocenters. The van der Waals surface area contributed by atoms with Crippen molar-refractivity contribution >= 4 is 71.6 Å². The standard InChI is InChI=1S/C58H38N2O/c1-3-15-39(16-4-1)40-27-30-43(31-28-40)59(45-33-36-57-53(38-45)50-23-11-14-26-56(50)61-57)44-32-35-47(52(37-44)41-17-5-2-6-18-41)48-21-9-12-24-54(48)60-55-25-13-10-22-49(55)51-34-29-42-19-7-8-20-46(42)58(51)60/h1-38H. The van der Waals surface area contributed by atoms with E-state index in [1.807, 2.05) is 12.1 Å². The van der Waals surface area contributed by atoms with Crippen molar-refractivity contribution in [1.29, 1.82) is 0 Å². The van der Waals surface area contributed by atoms with Crippen molar-refractivity contribution in [2.75, 3.05) is 4.90 Å². The van der Waals surface area contributed by atoms with E-state index < -0.39 is 0 Å². The quantitative estimate of drug-likeness (QED) is 0.161. The van der Waals surface area contributed by atoms with E-state index in [-0.39, 0.29) is 0 Å². The van der Waals surface area contributed by atoms with Gasteiger partial charge in [0.2, 0.25) is 0 Å². The number of para-hydroxylation sites is 3. The molecule has 3 heteroatoms. The van der Waals surface area contributed by atoms with Gasteiger partial charge < -0.3 is 13.9 Å². The highest BCUT2D eigenvalue weighted by atomic mass is 16.3. The van der Waals surface area contributed by atoms with Crippen molar-refractivity contribution < 1.29 is 4.42 Å². The maximum absolute atomic E-state index is 6.30. The van der Waals surface area contributed by atoms with Crippen LogP contribution in [0, 0.1) is 0 Å². The third kappa shape index (κ3) is 5.82. The molecule has 12 aromatic rings. The number of furan rings is 1. The third-order valence-electron chi connectivity index (χ3n) is 12.2. The van der Waals surface area contributed by atoms with Gasteiger partial charge in [-0.25, -0.2) is 0 Å². The molecule has 0 aliphatic carbocycles. The van der Waals surface area contributed by atoms with Crippen LogP contribution in [-0.4, -0.2) is 4.57 Å². The molecule has 0 aliphatic rings. The van der Waals surface area contributed by atoms with Crippen LogP contribution in [0.3, 0.4) is 0 Å². The normalized spacial score (nSPS) is 11.6. The Labute approximate surface area is 353 Å². The van der Waals surface area contributed by atoms with Crippen LogP contribution in [0.2, 0.25) is 0 Å². The van der Waals surface area contributed by atoms with Crippen molar-refractivity contribution in [2.24, 2.45) is 0 Å². The third-order valence-corrected chi connectivity index (χ3v) is 12.2. The molecule has 0 fully saturated rings. The molecule has 10 aromatic carbocycles. The molecule has 0 N–H and O–H groups in total. The number of nitrogens with zero attached hydrogens (tertiary/aromatic N) is 2. The summed E-state index contributed by atoms with van der Waals surface area (Å²) in [6, 6.07) is 83.1. The van der Waals surface area contributed by atoms with E-state index in [1.165, 1.54) is 43.7 Å². The number of anilines is 3. The maximum Gasteiger partial charge on any atom is 0.135 e. The lowest BCUT2D eigenvalue weighted by Crippen LogP contribution is -2.10. The largest absolute Gasteiger partial charge is 0.456 e. The Morgan fingerprint density at radius 2 is 0.934 bits per heavy atom. The Bertz CT molecular complexity index is 3580. The van der Waals surface area contributed by atoms with Gasteiger partial charge in [0.25, 0.3) is 0 Å². The lowest BCUT2D eigenvalue weighted by atomic mass is 9.92. The van der Waals surface area contributed by atoms with E-state index >= 15 is 0 Å². The smallest absolute Gasteiger partial charge is 0.135 e. The molecule has 286 valence electrons. The Hall–Kier alpha value is -8.14. The van der Waals surface area contributed by atoms with Crippen LogP contribution in [-0.2, 0) is 0 Å². The zero-order valence-corrected chi connectivity index (χ0v) is 33.2. The fourth-order valence-electron chi connectivity index (χ4n) is 9.37. The topological polar surface area (TPSA) is 21.3 Å². The molecule has 0 unspecified atom stereocenters.